The molecule has 0 bridgehead atoms. The summed E-state index contributed by atoms with van der Waals surface area (Å²) in [5, 5.41) is 6.14. The highest BCUT2D eigenvalue weighted by molar-refractivity contribution is 5.76. The van der Waals surface area contributed by atoms with E-state index in [1.165, 1.54) is 11.1 Å². The molecule has 0 spiro atoms. The number of hydrogen-bond donors (Lipinski definition) is 2. The highest BCUT2D eigenvalue weighted by Crippen LogP contribution is 2.18. The quantitative estimate of drug-likeness (QED) is 0.659. The lowest BCUT2D eigenvalue weighted by Gasteiger charge is -2.17. The number of amides is 1. The maximum atomic E-state index is 12.3. The molecule has 0 unspecified atom stereocenters. The molecule has 2 N–H and O–H groups in total. The zero-order valence-electron chi connectivity index (χ0n) is 14.5. The van der Waals surface area contributed by atoms with E-state index in [-0.39, 0.29) is 5.91 Å². The third kappa shape index (κ3) is 6.97. The van der Waals surface area contributed by atoms with E-state index in [9.17, 15) is 4.79 Å². The van der Waals surface area contributed by atoms with E-state index in [0.717, 1.165) is 32.4 Å². The molecule has 0 aromatic heterocycles. The van der Waals surface area contributed by atoms with Gasteiger partial charge in [0.15, 0.2) is 0 Å². The van der Waals surface area contributed by atoms with Gasteiger partial charge in [0.05, 0.1) is 0 Å². The number of nitrogens with one attached hydrogen (secondary N) is 2. The molecule has 3 nitrogen and oxygen atoms in total. The summed E-state index contributed by atoms with van der Waals surface area (Å²) in [4.78, 5) is 12.3. The van der Waals surface area contributed by atoms with Crippen LogP contribution in [0.25, 0.3) is 0 Å². The van der Waals surface area contributed by atoms with Crippen molar-refractivity contribution in [1.29, 1.82) is 0 Å². The van der Waals surface area contributed by atoms with E-state index in [0.29, 0.717) is 12.3 Å². The average molecular weight is 324 g/mol. The summed E-state index contributed by atoms with van der Waals surface area (Å²) in [7, 11) is 1.93. The van der Waals surface area contributed by atoms with Crippen LogP contribution in [-0.2, 0) is 17.6 Å². The van der Waals surface area contributed by atoms with Gasteiger partial charge in [-0.2, -0.15) is 0 Å². The Bertz CT molecular complexity index is 542. The molecule has 3 heteroatoms. The van der Waals surface area contributed by atoms with Crippen LogP contribution in [0.4, 0.5) is 0 Å². The summed E-state index contributed by atoms with van der Waals surface area (Å²) in [5.41, 5.74) is 2.59. The van der Waals surface area contributed by atoms with Crippen molar-refractivity contribution in [3.05, 3.63) is 71.8 Å². The largest absolute Gasteiger partial charge is 0.356 e. The minimum Gasteiger partial charge on any atom is -0.356 e. The van der Waals surface area contributed by atoms with Gasteiger partial charge in [0.2, 0.25) is 5.91 Å². The second kappa shape index (κ2) is 10.6. The number of carbonyl (C=O) groups is 1. The Hall–Kier alpha value is -2.13. The number of hydrogen-bond acceptors (Lipinski definition) is 2. The molecular weight excluding hydrogens is 296 g/mol. The summed E-state index contributed by atoms with van der Waals surface area (Å²) < 4.78 is 0. The van der Waals surface area contributed by atoms with Crippen molar-refractivity contribution >= 4 is 5.91 Å². The lowest BCUT2D eigenvalue weighted by Crippen LogP contribution is -2.29. The van der Waals surface area contributed by atoms with Crippen molar-refractivity contribution in [3.63, 3.8) is 0 Å². The van der Waals surface area contributed by atoms with Gasteiger partial charge in [-0.25, -0.2) is 0 Å². The highest BCUT2D eigenvalue weighted by Gasteiger charge is 2.15. The van der Waals surface area contributed by atoms with Crippen LogP contribution in [0.2, 0.25) is 0 Å². The van der Waals surface area contributed by atoms with Gasteiger partial charge in [-0.05, 0) is 49.9 Å². The fourth-order valence-electron chi connectivity index (χ4n) is 2.94. The maximum Gasteiger partial charge on any atom is 0.220 e. The van der Waals surface area contributed by atoms with Crippen molar-refractivity contribution in [3.8, 4) is 0 Å². The smallest absolute Gasteiger partial charge is 0.220 e. The van der Waals surface area contributed by atoms with Crippen LogP contribution in [0.3, 0.4) is 0 Å². The molecule has 0 aliphatic heterocycles. The molecule has 0 aliphatic carbocycles. The number of carbonyl (C=O) groups excluding carboxylic acids is 1. The van der Waals surface area contributed by atoms with E-state index in [1.807, 2.05) is 19.2 Å². The van der Waals surface area contributed by atoms with Gasteiger partial charge in [-0.15, -0.1) is 0 Å². The maximum absolute atomic E-state index is 12.3. The van der Waals surface area contributed by atoms with Crippen LogP contribution in [0.1, 0.15) is 24.0 Å². The average Bonchev–Trinajstić information content (AvgIpc) is 2.60. The number of rotatable bonds is 10. The summed E-state index contributed by atoms with van der Waals surface area (Å²) in [6.45, 7) is 1.67. The minimum absolute atomic E-state index is 0.156. The summed E-state index contributed by atoms with van der Waals surface area (Å²) in [5.74, 6) is 0.474. The monoisotopic (exact) mass is 324 g/mol. The zero-order chi connectivity index (χ0) is 17.0. The Morgan fingerprint density at radius 3 is 1.92 bits per heavy atom. The van der Waals surface area contributed by atoms with Crippen LogP contribution in [-0.4, -0.2) is 26.0 Å². The molecule has 2 aromatic rings. The molecule has 0 aliphatic rings. The lowest BCUT2D eigenvalue weighted by molar-refractivity contribution is -0.122. The van der Waals surface area contributed by atoms with Gasteiger partial charge in [0.1, 0.15) is 0 Å². The van der Waals surface area contributed by atoms with Gasteiger partial charge in [0, 0.05) is 13.0 Å². The van der Waals surface area contributed by atoms with Gasteiger partial charge >= 0.3 is 0 Å². The molecule has 2 rings (SSSR count). The highest BCUT2D eigenvalue weighted by atomic mass is 16.1. The van der Waals surface area contributed by atoms with Gasteiger partial charge < -0.3 is 10.6 Å². The molecule has 1 amide bonds. The van der Waals surface area contributed by atoms with E-state index in [4.69, 9.17) is 0 Å². The van der Waals surface area contributed by atoms with Gasteiger partial charge in [-0.1, -0.05) is 60.7 Å². The molecular formula is C21H28N2O. The van der Waals surface area contributed by atoms with Crippen molar-refractivity contribution in [2.75, 3.05) is 20.1 Å². The predicted octanol–water partition coefficient (Wildman–Crippen LogP) is 3.20. The van der Waals surface area contributed by atoms with Crippen molar-refractivity contribution in [2.45, 2.75) is 25.7 Å². The molecule has 0 atom stereocenters. The molecule has 0 saturated carbocycles. The Morgan fingerprint density at radius 1 is 0.875 bits per heavy atom. The Kier molecular flexibility index (Phi) is 8.05. The molecule has 128 valence electrons. The topological polar surface area (TPSA) is 41.1 Å². The SMILES string of the molecule is CNCCCNC(=O)CC(Cc1ccccc1)Cc1ccccc1. The standard InChI is InChI=1S/C21H28N2O/c1-22-13-8-14-23-21(24)17-20(15-18-9-4-2-5-10-18)16-19-11-6-3-7-12-19/h2-7,9-12,20,22H,8,13-17H2,1H3,(H,23,24). The molecule has 0 heterocycles. The molecule has 0 fully saturated rings. The molecule has 24 heavy (non-hydrogen) atoms. The van der Waals surface area contributed by atoms with E-state index in [1.54, 1.807) is 0 Å². The predicted molar refractivity (Wildman–Crippen MR) is 100.0 cm³/mol. The van der Waals surface area contributed by atoms with Gasteiger partial charge in [0.25, 0.3) is 0 Å². The third-order valence-corrected chi connectivity index (χ3v) is 4.13. The molecule has 0 saturated heterocycles. The van der Waals surface area contributed by atoms with Crippen molar-refractivity contribution < 1.29 is 4.79 Å². The fraction of sp³-hybridized carbons (Fsp3) is 0.381. The Morgan fingerprint density at radius 2 is 1.42 bits per heavy atom. The third-order valence-electron chi connectivity index (χ3n) is 4.13. The lowest BCUT2D eigenvalue weighted by atomic mass is 9.89. The Balaban J connectivity index is 1.93. The summed E-state index contributed by atoms with van der Waals surface area (Å²) >= 11 is 0. The first kappa shape index (κ1) is 18.2. The normalized spacial score (nSPS) is 10.8. The van der Waals surface area contributed by atoms with E-state index in [2.05, 4.69) is 59.2 Å². The number of benzene rings is 2. The second-order valence-electron chi connectivity index (χ2n) is 6.26. The van der Waals surface area contributed by atoms with Crippen LogP contribution < -0.4 is 10.6 Å². The molecule has 0 radical (unpaired) electrons. The van der Waals surface area contributed by atoms with Crippen LogP contribution in [0, 0.1) is 5.92 Å². The first-order valence-electron chi connectivity index (χ1n) is 8.77. The van der Waals surface area contributed by atoms with E-state index >= 15 is 0 Å². The summed E-state index contributed by atoms with van der Waals surface area (Å²) in [6, 6.07) is 20.9. The first-order valence-corrected chi connectivity index (χ1v) is 8.77. The second-order valence-corrected chi connectivity index (χ2v) is 6.26. The van der Waals surface area contributed by atoms with Crippen LogP contribution in [0.5, 0.6) is 0 Å². The van der Waals surface area contributed by atoms with Crippen molar-refractivity contribution in [1.82, 2.24) is 10.6 Å². The molecule has 2 aromatic carbocycles. The fourth-order valence-corrected chi connectivity index (χ4v) is 2.94. The minimum atomic E-state index is 0.156. The first-order chi connectivity index (χ1) is 11.8. The van der Waals surface area contributed by atoms with Crippen LogP contribution in [0.15, 0.2) is 60.7 Å². The summed E-state index contributed by atoms with van der Waals surface area (Å²) in [6.07, 6.45) is 3.40. The Labute approximate surface area is 145 Å². The zero-order valence-corrected chi connectivity index (χ0v) is 14.5. The van der Waals surface area contributed by atoms with Gasteiger partial charge in [-0.3, -0.25) is 4.79 Å². The van der Waals surface area contributed by atoms with Crippen molar-refractivity contribution in [2.24, 2.45) is 5.92 Å². The van der Waals surface area contributed by atoms with E-state index < -0.39 is 0 Å². The van der Waals surface area contributed by atoms with Crippen LogP contribution >= 0.6 is 0 Å².